The summed E-state index contributed by atoms with van der Waals surface area (Å²) in [7, 11) is 0. The van der Waals surface area contributed by atoms with Gasteiger partial charge in [0.2, 0.25) is 0 Å². The lowest BCUT2D eigenvalue weighted by Crippen LogP contribution is -2.10. The molecule has 9 nitrogen and oxygen atoms in total. The number of hydrogen-bond donors (Lipinski definition) is 2. The van der Waals surface area contributed by atoms with Crippen LogP contribution in [0, 0.1) is 10.1 Å². The number of nitrogens with zero attached hydrogens (tertiary/aromatic N) is 5. The van der Waals surface area contributed by atoms with Gasteiger partial charge in [0, 0.05) is 17.7 Å². The number of nitrogen functional groups attached to an aromatic ring is 1. The Morgan fingerprint density at radius 1 is 1.53 bits per heavy atom. The van der Waals surface area contributed by atoms with Crippen molar-refractivity contribution in [3.8, 4) is 0 Å². The number of anilines is 1. The molecule has 0 saturated carbocycles. The Bertz CT molecular complexity index is 598. The fraction of sp³-hybridized carbons (Fsp3) is 0. The molecular formula is C9H10ClN7O2. The van der Waals surface area contributed by atoms with Gasteiger partial charge in [-0.25, -0.2) is 10.1 Å². The van der Waals surface area contributed by atoms with Crippen molar-refractivity contribution in [3.05, 3.63) is 46.3 Å². The topological polar surface area (TPSA) is 124 Å². The maximum atomic E-state index is 10.6. The van der Waals surface area contributed by atoms with Gasteiger partial charge < -0.3 is 5.84 Å². The van der Waals surface area contributed by atoms with Crippen LogP contribution in [0.3, 0.4) is 0 Å². The molecule has 0 atom stereocenters. The lowest BCUT2D eigenvalue weighted by Gasteiger charge is -1.97. The van der Waals surface area contributed by atoms with Crippen molar-refractivity contribution in [2.45, 2.75) is 0 Å². The highest BCUT2D eigenvalue weighted by Gasteiger charge is 2.04. The number of hydrazone groups is 1. The summed E-state index contributed by atoms with van der Waals surface area (Å²) in [6.45, 7) is 0. The molecule has 0 aliphatic carbocycles. The van der Waals surface area contributed by atoms with E-state index < -0.39 is 4.92 Å². The van der Waals surface area contributed by atoms with Crippen LogP contribution >= 0.6 is 12.4 Å². The summed E-state index contributed by atoms with van der Waals surface area (Å²) in [6.07, 6.45) is 2.73. The maximum absolute atomic E-state index is 10.6. The molecular weight excluding hydrogens is 274 g/mol. The smallest absolute Gasteiger partial charge is 0.270 e. The van der Waals surface area contributed by atoms with Crippen LogP contribution in [-0.4, -0.2) is 26.0 Å². The molecule has 100 valence electrons. The van der Waals surface area contributed by atoms with Crippen LogP contribution < -0.4 is 11.3 Å². The molecule has 10 heteroatoms. The number of nitrogens with one attached hydrogen (secondary N) is 1. The molecule has 1 heterocycles. The van der Waals surface area contributed by atoms with Crippen molar-refractivity contribution < 1.29 is 4.92 Å². The zero-order valence-corrected chi connectivity index (χ0v) is 10.3. The highest BCUT2D eigenvalue weighted by Crippen LogP contribution is 2.11. The number of aromatic nitrogens is 3. The van der Waals surface area contributed by atoms with E-state index in [9.17, 15) is 10.1 Å². The van der Waals surface area contributed by atoms with E-state index in [1.54, 1.807) is 12.1 Å². The molecule has 0 saturated heterocycles. The third-order valence-electron chi connectivity index (χ3n) is 2.03. The van der Waals surface area contributed by atoms with Gasteiger partial charge in [0.05, 0.1) is 11.1 Å². The maximum Gasteiger partial charge on any atom is 0.270 e. The zero-order chi connectivity index (χ0) is 13.0. The normalized spacial score (nSPS) is 10.1. The fourth-order valence-electron chi connectivity index (χ4n) is 1.21. The van der Waals surface area contributed by atoms with Gasteiger partial charge in [0.15, 0.2) is 0 Å². The standard InChI is InChI=1S/C9H9N7O2.ClH/c10-15-6-12-14-9(15)13-11-5-7-2-1-3-8(4-7)16(17)18;/h1-6H,10H2,(H,13,14);1H. The summed E-state index contributed by atoms with van der Waals surface area (Å²) < 4.78 is 1.16. The average Bonchev–Trinajstić information content (AvgIpc) is 2.76. The Morgan fingerprint density at radius 2 is 2.32 bits per heavy atom. The van der Waals surface area contributed by atoms with Crippen LogP contribution in [0.1, 0.15) is 5.56 Å². The predicted molar refractivity (Wildman–Crippen MR) is 71.7 cm³/mol. The van der Waals surface area contributed by atoms with E-state index in [1.807, 2.05) is 0 Å². The zero-order valence-electron chi connectivity index (χ0n) is 9.50. The average molecular weight is 284 g/mol. The lowest BCUT2D eigenvalue weighted by atomic mass is 10.2. The second kappa shape index (κ2) is 6.31. The van der Waals surface area contributed by atoms with Crippen LogP contribution in [0.2, 0.25) is 0 Å². The first-order chi connectivity index (χ1) is 8.66. The first-order valence-electron chi connectivity index (χ1n) is 4.85. The minimum Gasteiger partial charge on any atom is -0.335 e. The molecule has 0 fully saturated rings. The van der Waals surface area contributed by atoms with E-state index in [0.29, 0.717) is 5.56 Å². The minimum absolute atomic E-state index is 0. The largest absolute Gasteiger partial charge is 0.335 e. The SMILES string of the molecule is Cl.Nn1cnnc1NN=Cc1cccc([N+](=O)[O-])c1. The molecule has 0 amide bonds. The second-order valence-electron chi connectivity index (χ2n) is 3.28. The van der Waals surface area contributed by atoms with Crippen molar-refractivity contribution in [2.75, 3.05) is 11.3 Å². The van der Waals surface area contributed by atoms with Crippen LogP contribution in [0.15, 0.2) is 35.7 Å². The van der Waals surface area contributed by atoms with E-state index in [2.05, 4.69) is 20.7 Å². The van der Waals surface area contributed by atoms with E-state index in [0.717, 1.165) is 4.68 Å². The van der Waals surface area contributed by atoms with Gasteiger partial charge in [0.1, 0.15) is 6.33 Å². The summed E-state index contributed by atoms with van der Waals surface area (Å²) in [5.74, 6) is 5.71. The molecule has 19 heavy (non-hydrogen) atoms. The molecule has 3 N–H and O–H groups in total. The van der Waals surface area contributed by atoms with E-state index in [4.69, 9.17) is 5.84 Å². The summed E-state index contributed by atoms with van der Waals surface area (Å²) in [6, 6.07) is 6.07. The van der Waals surface area contributed by atoms with Crippen LogP contribution in [0.5, 0.6) is 0 Å². The van der Waals surface area contributed by atoms with Gasteiger partial charge in [-0.05, 0) is 0 Å². The fourth-order valence-corrected chi connectivity index (χ4v) is 1.21. The predicted octanol–water partition coefficient (Wildman–Crippen LogP) is 0.768. The van der Waals surface area contributed by atoms with E-state index in [-0.39, 0.29) is 24.0 Å². The third-order valence-corrected chi connectivity index (χ3v) is 2.03. The molecule has 2 rings (SSSR count). The molecule has 0 aliphatic heterocycles. The Morgan fingerprint density at radius 3 is 2.95 bits per heavy atom. The number of halogens is 1. The Balaban J connectivity index is 0.00000180. The third kappa shape index (κ3) is 3.64. The molecule has 0 aliphatic rings. The lowest BCUT2D eigenvalue weighted by molar-refractivity contribution is -0.384. The van der Waals surface area contributed by atoms with Gasteiger partial charge in [-0.15, -0.1) is 22.6 Å². The van der Waals surface area contributed by atoms with Gasteiger partial charge >= 0.3 is 0 Å². The highest BCUT2D eigenvalue weighted by atomic mass is 35.5. The van der Waals surface area contributed by atoms with Crippen LogP contribution in [-0.2, 0) is 0 Å². The molecule has 1 aromatic heterocycles. The van der Waals surface area contributed by atoms with Crippen molar-refractivity contribution in [1.82, 2.24) is 14.9 Å². The number of non-ortho nitro benzene ring substituents is 1. The summed E-state index contributed by atoms with van der Waals surface area (Å²) in [4.78, 5) is 10.1. The Labute approximate surface area is 113 Å². The quantitative estimate of drug-likeness (QED) is 0.369. The molecule has 1 aromatic carbocycles. The minimum atomic E-state index is -0.471. The van der Waals surface area contributed by atoms with Gasteiger partial charge in [0.25, 0.3) is 11.6 Å². The molecule has 0 spiro atoms. The Kier molecular flexibility index (Phi) is 4.77. The second-order valence-corrected chi connectivity index (χ2v) is 3.28. The first-order valence-corrected chi connectivity index (χ1v) is 4.85. The van der Waals surface area contributed by atoms with Crippen LogP contribution in [0.4, 0.5) is 11.6 Å². The summed E-state index contributed by atoms with van der Waals surface area (Å²) in [5, 5.41) is 21.6. The number of nitro groups is 1. The molecule has 2 aromatic rings. The number of hydrogen-bond acceptors (Lipinski definition) is 7. The highest BCUT2D eigenvalue weighted by molar-refractivity contribution is 5.85. The Hall–Kier alpha value is -2.68. The van der Waals surface area contributed by atoms with Crippen molar-refractivity contribution in [3.63, 3.8) is 0 Å². The van der Waals surface area contributed by atoms with Crippen LogP contribution in [0.25, 0.3) is 0 Å². The van der Waals surface area contributed by atoms with Gasteiger partial charge in [-0.1, -0.05) is 12.1 Å². The molecule has 0 unspecified atom stereocenters. The number of rotatable bonds is 4. The van der Waals surface area contributed by atoms with Crippen molar-refractivity contribution in [1.29, 1.82) is 0 Å². The molecule has 0 radical (unpaired) electrons. The number of nitro benzene ring substituents is 1. The molecule has 0 bridgehead atoms. The van der Waals surface area contributed by atoms with E-state index >= 15 is 0 Å². The van der Waals surface area contributed by atoms with Crippen molar-refractivity contribution >= 4 is 30.3 Å². The number of nitrogens with two attached hydrogens (primary N) is 1. The van der Waals surface area contributed by atoms with Gasteiger partial charge in [-0.3, -0.25) is 10.1 Å². The van der Waals surface area contributed by atoms with Gasteiger partial charge in [-0.2, -0.15) is 5.10 Å². The summed E-state index contributed by atoms with van der Waals surface area (Å²) >= 11 is 0. The van der Waals surface area contributed by atoms with E-state index in [1.165, 1.54) is 24.7 Å². The first kappa shape index (κ1) is 14.4. The van der Waals surface area contributed by atoms with Crippen molar-refractivity contribution in [2.24, 2.45) is 5.10 Å². The number of benzene rings is 1. The monoisotopic (exact) mass is 283 g/mol. The summed E-state index contributed by atoms with van der Waals surface area (Å²) in [5.41, 5.74) is 3.14.